The Balaban J connectivity index is 1.87. The van der Waals surface area contributed by atoms with Crippen molar-refractivity contribution in [1.29, 1.82) is 0 Å². The summed E-state index contributed by atoms with van der Waals surface area (Å²) < 4.78 is 5.78. The highest BCUT2D eigenvalue weighted by atomic mass is 35.5. The zero-order valence-corrected chi connectivity index (χ0v) is 13.8. The minimum Gasteiger partial charge on any atom is -0.393 e. The fourth-order valence-electron chi connectivity index (χ4n) is 3.86. The molecule has 0 radical (unpaired) electrons. The van der Waals surface area contributed by atoms with E-state index in [-0.39, 0.29) is 23.7 Å². The Kier molecular flexibility index (Phi) is 4.19. The number of fused-ring (bicyclic) bond motifs is 1. The SMILES string of the molecule is CO[C@@]12CC[C@@H](O)C[C@@H]1N(C(=O)c1ccc(Cl)c(C)c1)CC2. The van der Waals surface area contributed by atoms with Crippen molar-refractivity contribution in [3.05, 3.63) is 34.3 Å². The van der Waals surface area contributed by atoms with Crippen molar-refractivity contribution in [2.75, 3.05) is 13.7 Å². The number of hydrogen-bond donors (Lipinski definition) is 1. The van der Waals surface area contributed by atoms with E-state index in [4.69, 9.17) is 16.3 Å². The molecule has 0 spiro atoms. The third kappa shape index (κ3) is 2.53. The zero-order chi connectivity index (χ0) is 15.9. The first-order chi connectivity index (χ1) is 10.5. The number of methoxy groups -OCH3 is 1. The van der Waals surface area contributed by atoms with Gasteiger partial charge in [0.25, 0.3) is 5.91 Å². The van der Waals surface area contributed by atoms with Crippen LogP contribution in [0.5, 0.6) is 0 Å². The third-order valence-electron chi connectivity index (χ3n) is 5.23. The van der Waals surface area contributed by atoms with Crippen LogP contribution in [0.25, 0.3) is 0 Å². The van der Waals surface area contributed by atoms with Crippen LogP contribution in [-0.2, 0) is 4.74 Å². The number of aliphatic hydroxyl groups is 1. The van der Waals surface area contributed by atoms with Gasteiger partial charge in [0.15, 0.2) is 0 Å². The molecule has 0 bridgehead atoms. The van der Waals surface area contributed by atoms with E-state index in [0.29, 0.717) is 23.6 Å². The first-order valence-corrected chi connectivity index (χ1v) is 8.15. The lowest BCUT2D eigenvalue weighted by Crippen LogP contribution is -2.52. The number of likely N-dealkylation sites (tertiary alicyclic amines) is 1. The molecule has 1 aromatic carbocycles. The van der Waals surface area contributed by atoms with Crippen molar-refractivity contribution in [2.24, 2.45) is 0 Å². The number of rotatable bonds is 2. The monoisotopic (exact) mass is 323 g/mol. The summed E-state index contributed by atoms with van der Waals surface area (Å²) in [5.74, 6) is -0.00204. The average molecular weight is 324 g/mol. The quantitative estimate of drug-likeness (QED) is 0.910. The van der Waals surface area contributed by atoms with Gasteiger partial charge < -0.3 is 14.7 Å². The molecule has 1 aromatic rings. The maximum absolute atomic E-state index is 12.9. The second-order valence-electron chi connectivity index (χ2n) is 6.43. The van der Waals surface area contributed by atoms with E-state index in [0.717, 1.165) is 24.8 Å². The van der Waals surface area contributed by atoms with Gasteiger partial charge in [-0.3, -0.25) is 4.79 Å². The number of aryl methyl sites for hydroxylation is 1. The smallest absolute Gasteiger partial charge is 0.254 e. The maximum atomic E-state index is 12.9. The van der Waals surface area contributed by atoms with Crippen LogP contribution >= 0.6 is 11.6 Å². The Bertz CT molecular complexity index is 591. The summed E-state index contributed by atoms with van der Waals surface area (Å²) in [5, 5.41) is 10.7. The lowest BCUT2D eigenvalue weighted by molar-refractivity contribution is -0.0824. The van der Waals surface area contributed by atoms with E-state index in [1.807, 2.05) is 17.9 Å². The van der Waals surface area contributed by atoms with Crippen molar-refractivity contribution in [1.82, 2.24) is 4.90 Å². The summed E-state index contributed by atoms with van der Waals surface area (Å²) in [6.07, 6.45) is 2.62. The van der Waals surface area contributed by atoms with Gasteiger partial charge in [0.05, 0.1) is 17.7 Å². The van der Waals surface area contributed by atoms with Gasteiger partial charge in [-0.15, -0.1) is 0 Å². The van der Waals surface area contributed by atoms with Crippen molar-refractivity contribution in [2.45, 2.75) is 50.4 Å². The predicted octanol–water partition coefficient (Wildman–Crippen LogP) is 2.79. The summed E-state index contributed by atoms with van der Waals surface area (Å²) >= 11 is 6.04. The maximum Gasteiger partial charge on any atom is 0.254 e. The fourth-order valence-corrected chi connectivity index (χ4v) is 3.98. The lowest BCUT2D eigenvalue weighted by Gasteiger charge is -2.42. The Hall–Kier alpha value is -1.10. The van der Waals surface area contributed by atoms with Crippen LogP contribution in [0, 0.1) is 6.92 Å². The number of nitrogens with zero attached hydrogens (tertiary/aromatic N) is 1. The normalized spacial score (nSPS) is 31.2. The van der Waals surface area contributed by atoms with Crippen molar-refractivity contribution in [3.63, 3.8) is 0 Å². The van der Waals surface area contributed by atoms with Gasteiger partial charge in [-0.2, -0.15) is 0 Å². The highest BCUT2D eigenvalue weighted by Crippen LogP contribution is 2.43. The van der Waals surface area contributed by atoms with Gasteiger partial charge in [-0.05, 0) is 56.4 Å². The van der Waals surface area contributed by atoms with Gasteiger partial charge in [0.2, 0.25) is 0 Å². The molecule has 0 aromatic heterocycles. The van der Waals surface area contributed by atoms with E-state index in [1.165, 1.54) is 0 Å². The second-order valence-corrected chi connectivity index (χ2v) is 6.83. The standard InChI is InChI=1S/C17H22ClNO3/c1-11-9-12(3-4-14(11)18)16(21)19-8-7-17(22-2)6-5-13(20)10-15(17)19/h3-4,9,13,15,20H,5-8,10H2,1-2H3/t13-,15+,17-/m1/s1. The summed E-state index contributed by atoms with van der Waals surface area (Å²) in [6.45, 7) is 2.57. The van der Waals surface area contributed by atoms with E-state index in [9.17, 15) is 9.90 Å². The molecule has 3 rings (SSSR count). The molecule has 5 heteroatoms. The average Bonchev–Trinajstić information content (AvgIpc) is 2.88. The minimum atomic E-state index is -0.353. The minimum absolute atomic E-state index is 0.00204. The molecule has 120 valence electrons. The van der Waals surface area contributed by atoms with Crippen molar-refractivity contribution in [3.8, 4) is 0 Å². The molecule has 1 aliphatic heterocycles. The summed E-state index contributed by atoms with van der Waals surface area (Å²) in [5.41, 5.74) is 1.25. The van der Waals surface area contributed by atoms with Crippen molar-refractivity contribution < 1.29 is 14.6 Å². The van der Waals surface area contributed by atoms with Crippen LogP contribution in [0.4, 0.5) is 0 Å². The molecule has 4 nitrogen and oxygen atoms in total. The molecule has 1 amide bonds. The number of ether oxygens (including phenoxy) is 1. The topological polar surface area (TPSA) is 49.8 Å². The number of aliphatic hydroxyl groups excluding tert-OH is 1. The first kappa shape index (κ1) is 15.8. The van der Waals surface area contributed by atoms with Crippen molar-refractivity contribution >= 4 is 17.5 Å². The number of carbonyl (C=O) groups excluding carboxylic acids is 1. The second kappa shape index (κ2) is 5.84. The third-order valence-corrected chi connectivity index (χ3v) is 5.65. The fraction of sp³-hybridized carbons (Fsp3) is 0.588. The summed E-state index contributed by atoms with van der Waals surface area (Å²) in [7, 11) is 1.71. The van der Waals surface area contributed by atoms with Gasteiger partial charge >= 0.3 is 0 Å². The van der Waals surface area contributed by atoms with E-state index < -0.39 is 0 Å². The summed E-state index contributed by atoms with van der Waals surface area (Å²) in [6, 6.07) is 5.31. The molecule has 0 unspecified atom stereocenters. The van der Waals surface area contributed by atoms with Gasteiger partial charge in [0, 0.05) is 24.2 Å². The van der Waals surface area contributed by atoms with Gasteiger partial charge in [-0.1, -0.05) is 11.6 Å². The number of amides is 1. The Morgan fingerprint density at radius 1 is 1.45 bits per heavy atom. The molecule has 1 heterocycles. The van der Waals surface area contributed by atoms with Crippen LogP contribution < -0.4 is 0 Å². The van der Waals surface area contributed by atoms with Crippen LogP contribution in [0.15, 0.2) is 18.2 Å². The Morgan fingerprint density at radius 3 is 2.91 bits per heavy atom. The molecule has 1 saturated heterocycles. The van der Waals surface area contributed by atoms with Gasteiger partial charge in [0.1, 0.15) is 0 Å². The lowest BCUT2D eigenvalue weighted by atomic mass is 9.79. The molecular formula is C17H22ClNO3. The number of benzene rings is 1. The van der Waals surface area contributed by atoms with E-state index >= 15 is 0 Å². The Morgan fingerprint density at radius 2 is 2.23 bits per heavy atom. The van der Waals surface area contributed by atoms with E-state index in [1.54, 1.807) is 19.2 Å². The molecule has 2 fully saturated rings. The number of hydrogen-bond acceptors (Lipinski definition) is 3. The number of halogens is 1. The molecule has 1 N–H and O–H groups in total. The van der Waals surface area contributed by atoms with Gasteiger partial charge in [-0.25, -0.2) is 0 Å². The molecule has 3 atom stereocenters. The van der Waals surface area contributed by atoms with Crippen LogP contribution in [0.2, 0.25) is 5.02 Å². The molecule has 2 aliphatic rings. The first-order valence-electron chi connectivity index (χ1n) is 7.77. The van der Waals surface area contributed by atoms with Crippen LogP contribution in [-0.4, -0.2) is 47.3 Å². The highest BCUT2D eigenvalue weighted by Gasteiger charge is 2.52. The highest BCUT2D eigenvalue weighted by molar-refractivity contribution is 6.31. The molecule has 1 aliphatic carbocycles. The Labute approximate surface area is 136 Å². The summed E-state index contributed by atoms with van der Waals surface area (Å²) in [4.78, 5) is 14.7. The molecular weight excluding hydrogens is 302 g/mol. The predicted molar refractivity (Wildman–Crippen MR) is 85.2 cm³/mol. The molecule has 1 saturated carbocycles. The zero-order valence-electron chi connectivity index (χ0n) is 13.0. The van der Waals surface area contributed by atoms with Crippen LogP contribution in [0.3, 0.4) is 0 Å². The van der Waals surface area contributed by atoms with Crippen LogP contribution in [0.1, 0.15) is 41.6 Å². The molecule has 22 heavy (non-hydrogen) atoms. The number of carbonyl (C=O) groups is 1. The van der Waals surface area contributed by atoms with E-state index in [2.05, 4.69) is 0 Å². The largest absolute Gasteiger partial charge is 0.393 e.